The molecule has 2 bridgehead atoms. The molecule has 10 heteroatoms. The fourth-order valence-corrected chi connectivity index (χ4v) is 6.87. The molecule has 4 atom stereocenters. The molecule has 206 valence electrons. The second kappa shape index (κ2) is 10.1. The van der Waals surface area contributed by atoms with E-state index in [-0.39, 0.29) is 17.2 Å². The summed E-state index contributed by atoms with van der Waals surface area (Å²) in [5.74, 6) is 2.63. The number of carbonyl (C=O) groups is 1. The largest absolute Gasteiger partial charge is 0.490 e. The first-order chi connectivity index (χ1) is 18.0. The average Bonchev–Trinajstić information content (AvgIpc) is 2.88. The Morgan fingerprint density at radius 3 is 2.76 bits per heavy atom. The lowest BCUT2D eigenvalue weighted by molar-refractivity contribution is -0.155. The van der Waals surface area contributed by atoms with E-state index in [1.807, 2.05) is 12.1 Å². The van der Waals surface area contributed by atoms with Crippen molar-refractivity contribution in [2.45, 2.75) is 39.2 Å². The third-order valence-electron chi connectivity index (χ3n) is 9.12. The van der Waals surface area contributed by atoms with Gasteiger partial charge in [0, 0.05) is 25.8 Å². The van der Waals surface area contributed by atoms with E-state index in [1.165, 1.54) is 0 Å². The molecular weight excluding hydrogens is 502 g/mol. The minimum absolute atomic E-state index is 0.0591. The SMILES string of the molecule is CNC(=O)[C@H]1C[C@H]2C[C@H](C2(C)C)[C@@]1(C)Nc1nc(Nc2ccc3c(c2)N(CCN(C)C)CCO3)ncc1Cl. The third kappa shape index (κ3) is 4.75. The number of fused-ring (bicyclic) bond motifs is 3. The Labute approximate surface area is 230 Å². The lowest BCUT2D eigenvalue weighted by Gasteiger charge is -2.66. The molecule has 3 fully saturated rings. The number of carbonyl (C=O) groups excluding carboxylic acids is 1. The summed E-state index contributed by atoms with van der Waals surface area (Å²) in [6.07, 6.45) is 3.56. The molecule has 2 heterocycles. The predicted octanol–water partition coefficient (Wildman–Crippen LogP) is 4.23. The number of halogens is 1. The number of anilines is 4. The van der Waals surface area contributed by atoms with Crippen LogP contribution in [0.25, 0.3) is 0 Å². The van der Waals surface area contributed by atoms with E-state index in [1.54, 1.807) is 13.2 Å². The Balaban J connectivity index is 1.39. The zero-order chi connectivity index (χ0) is 27.2. The summed E-state index contributed by atoms with van der Waals surface area (Å²) in [5, 5.41) is 10.3. The fourth-order valence-electron chi connectivity index (χ4n) is 6.74. The van der Waals surface area contributed by atoms with Gasteiger partial charge >= 0.3 is 0 Å². The van der Waals surface area contributed by atoms with E-state index in [0.717, 1.165) is 49.6 Å². The smallest absolute Gasteiger partial charge is 0.229 e. The molecule has 0 radical (unpaired) electrons. The lowest BCUT2D eigenvalue weighted by Crippen LogP contribution is -2.69. The van der Waals surface area contributed by atoms with Gasteiger partial charge in [0.2, 0.25) is 11.9 Å². The van der Waals surface area contributed by atoms with Gasteiger partial charge in [0.05, 0.1) is 29.9 Å². The molecular formula is C28H40ClN7O2. The molecule has 1 amide bonds. The Morgan fingerprint density at radius 2 is 2.05 bits per heavy atom. The number of nitrogens with one attached hydrogen (secondary N) is 3. The summed E-state index contributed by atoms with van der Waals surface area (Å²) in [6, 6.07) is 6.04. The van der Waals surface area contributed by atoms with Crippen molar-refractivity contribution in [3.05, 3.63) is 29.4 Å². The second-order valence-electron chi connectivity index (χ2n) is 12.0. The normalized spacial score (nSPS) is 27.2. The molecule has 6 rings (SSSR count). The van der Waals surface area contributed by atoms with E-state index >= 15 is 0 Å². The number of hydrogen-bond donors (Lipinski definition) is 3. The summed E-state index contributed by atoms with van der Waals surface area (Å²) in [7, 11) is 5.87. The minimum Gasteiger partial charge on any atom is -0.490 e. The maximum absolute atomic E-state index is 12.9. The van der Waals surface area contributed by atoms with Crippen LogP contribution >= 0.6 is 11.6 Å². The van der Waals surface area contributed by atoms with Crippen LogP contribution < -0.4 is 25.6 Å². The summed E-state index contributed by atoms with van der Waals surface area (Å²) >= 11 is 6.60. The highest BCUT2D eigenvalue weighted by Gasteiger charge is 2.64. The Hall–Kier alpha value is -2.78. The zero-order valence-electron chi connectivity index (χ0n) is 23.3. The van der Waals surface area contributed by atoms with Gasteiger partial charge in [-0.05, 0) is 69.3 Å². The number of aromatic nitrogens is 2. The van der Waals surface area contributed by atoms with Crippen molar-refractivity contribution in [2.75, 3.05) is 62.9 Å². The molecule has 0 unspecified atom stereocenters. The van der Waals surface area contributed by atoms with Gasteiger partial charge in [0.25, 0.3) is 0 Å². The van der Waals surface area contributed by atoms with Crippen LogP contribution in [-0.2, 0) is 4.79 Å². The third-order valence-corrected chi connectivity index (χ3v) is 9.40. The molecule has 38 heavy (non-hydrogen) atoms. The molecule has 3 saturated carbocycles. The van der Waals surface area contributed by atoms with Crippen molar-refractivity contribution >= 4 is 40.6 Å². The number of hydrogen-bond acceptors (Lipinski definition) is 8. The van der Waals surface area contributed by atoms with Crippen molar-refractivity contribution in [2.24, 2.45) is 23.2 Å². The second-order valence-corrected chi connectivity index (χ2v) is 12.4. The summed E-state index contributed by atoms with van der Waals surface area (Å²) < 4.78 is 5.89. The maximum atomic E-state index is 12.9. The van der Waals surface area contributed by atoms with Crippen molar-refractivity contribution in [3.63, 3.8) is 0 Å². The first kappa shape index (κ1) is 26.8. The molecule has 1 aromatic heterocycles. The first-order valence-electron chi connectivity index (χ1n) is 13.5. The fraction of sp³-hybridized carbons (Fsp3) is 0.607. The van der Waals surface area contributed by atoms with Gasteiger partial charge in [-0.15, -0.1) is 0 Å². The van der Waals surface area contributed by atoms with Crippen molar-refractivity contribution in [1.29, 1.82) is 0 Å². The van der Waals surface area contributed by atoms with Crippen LogP contribution in [0.2, 0.25) is 5.02 Å². The van der Waals surface area contributed by atoms with Crippen molar-refractivity contribution < 1.29 is 9.53 Å². The molecule has 3 N–H and O–H groups in total. The van der Waals surface area contributed by atoms with E-state index in [0.29, 0.717) is 35.2 Å². The number of benzene rings is 1. The Bertz CT molecular complexity index is 1210. The number of ether oxygens (including phenoxy) is 1. The maximum Gasteiger partial charge on any atom is 0.229 e. The molecule has 0 spiro atoms. The molecule has 4 aliphatic rings. The van der Waals surface area contributed by atoms with Gasteiger partial charge in [-0.3, -0.25) is 4.79 Å². The Kier molecular flexibility index (Phi) is 7.11. The molecule has 1 aliphatic heterocycles. The van der Waals surface area contributed by atoms with Crippen LogP contribution in [0, 0.1) is 23.2 Å². The Morgan fingerprint density at radius 1 is 1.26 bits per heavy atom. The lowest BCUT2D eigenvalue weighted by atomic mass is 9.40. The number of rotatable bonds is 8. The first-order valence-corrected chi connectivity index (χ1v) is 13.9. The summed E-state index contributed by atoms with van der Waals surface area (Å²) in [6.45, 7) is 10.2. The molecule has 0 saturated heterocycles. The van der Waals surface area contributed by atoms with E-state index in [2.05, 4.69) is 71.7 Å². The van der Waals surface area contributed by atoms with Crippen LogP contribution in [-0.4, -0.2) is 73.7 Å². The highest BCUT2D eigenvalue weighted by Crippen LogP contribution is 2.65. The number of likely N-dealkylation sites (N-methyl/N-ethyl adjacent to an activating group) is 1. The monoisotopic (exact) mass is 541 g/mol. The zero-order valence-corrected chi connectivity index (χ0v) is 24.0. The van der Waals surface area contributed by atoms with Crippen molar-refractivity contribution in [1.82, 2.24) is 20.2 Å². The number of nitrogens with zero attached hydrogens (tertiary/aromatic N) is 4. The van der Waals surface area contributed by atoms with E-state index < -0.39 is 5.54 Å². The average molecular weight is 542 g/mol. The van der Waals surface area contributed by atoms with Crippen LogP contribution in [0.15, 0.2) is 24.4 Å². The highest BCUT2D eigenvalue weighted by molar-refractivity contribution is 6.32. The van der Waals surface area contributed by atoms with Gasteiger partial charge in [-0.2, -0.15) is 4.98 Å². The van der Waals surface area contributed by atoms with Crippen LogP contribution in [0.3, 0.4) is 0 Å². The molecule has 9 nitrogen and oxygen atoms in total. The molecule has 3 aliphatic carbocycles. The number of amides is 1. The summed E-state index contributed by atoms with van der Waals surface area (Å²) in [5.41, 5.74) is 1.59. The predicted molar refractivity (Wildman–Crippen MR) is 153 cm³/mol. The van der Waals surface area contributed by atoms with Gasteiger partial charge in [-0.25, -0.2) is 4.98 Å². The molecule has 2 aromatic rings. The van der Waals surface area contributed by atoms with Gasteiger partial charge in [0.15, 0.2) is 5.82 Å². The molecule has 1 aromatic carbocycles. The van der Waals surface area contributed by atoms with Crippen LogP contribution in [0.4, 0.5) is 23.1 Å². The summed E-state index contributed by atoms with van der Waals surface area (Å²) in [4.78, 5) is 26.7. The van der Waals surface area contributed by atoms with E-state index in [9.17, 15) is 4.79 Å². The van der Waals surface area contributed by atoms with Gasteiger partial charge in [-0.1, -0.05) is 25.4 Å². The quantitative estimate of drug-likeness (QED) is 0.457. The topological polar surface area (TPSA) is 94.6 Å². The van der Waals surface area contributed by atoms with Gasteiger partial charge < -0.3 is 30.5 Å². The van der Waals surface area contributed by atoms with E-state index in [4.69, 9.17) is 21.3 Å². The van der Waals surface area contributed by atoms with Crippen molar-refractivity contribution in [3.8, 4) is 5.75 Å². The standard InChI is InChI=1S/C28H40ClN7O2/c1-27(2)17-13-19(25(37)30-4)28(3,23(27)14-17)34-24-20(29)16-31-26(33-24)32-18-7-8-22-21(15-18)36(11-12-38-22)10-9-35(5)6/h7-8,15-17,19,23H,9-14H2,1-6H3,(H,30,37)(H2,31,32,33,34)/t17-,19+,23+,28-/m0/s1. The van der Waals surface area contributed by atoms with Crippen LogP contribution in [0.5, 0.6) is 5.75 Å². The van der Waals surface area contributed by atoms with Crippen LogP contribution in [0.1, 0.15) is 33.6 Å². The highest BCUT2D eigenvalue weighted by atomic mass is 35.5. The minimum atomic E-state index is -0.482. The van der Waals surface area contributed by atoms with Gasteiger partial charge in [0.1, 0.15) is 17.4 Å².